The van der Waals surface area contributed by atoms with Crippen molar-refractivity contribution >= 4 is 29.0 Å². The van der Waals surface area contributed by atoms with E-state index >= 15 is 0 Å². The SMILES string of the molecule is COCC(C)Nc1ncnc(Nc2ccccc2C(=O)OC)c1N. The number of benzene rings is 1. The zero-order valence-electron chi connectivity index (χ0n) is 13.9. The first kappa shape index (κ1) is 17.5. The number of methoxy groups -OCH3 is 2. The molecule has 1 aromatic carbocycles. The number of nitrogens with two attached hydrogens (primary N) is 1. The molecule has 0 saturated heterocycles. The lowest BCUT2D eigenvalue weighted by atomic mass is 10.2. The van der Waals surface area contributed by atoms with Crippen LogP contribution in [0.4, 0.5) is 23.0 Å². The highest BCUT2D eigenvalue weighted by Gasteiger charge is 2.15. The number of carbonyl (C=O) groups excluding carboxylic acids is 1. The van der Waals surface area contributed by atoms with Crippen molar-refractivity contribution in [3.63, 3.8) is 0 Å². The minimum Gasteiger partial charge on any atom is -0.465 e. The number of para-hydroxylation sites is 1. The summed E-state index contributed by atoms with van der Waals surface area (Å²) in [6.07, 6.45) is 1.39. The zero-order valence-corrected chi connectivity index (χ0v) is 13.9. The lowest BCUT2D eigenvalue weighted by Gasteiger charge is -2.17. The number of ether oxygens (including phenoxy) is 2. The van der Waals surface area contributed by atoms with E-state index in [9.17, 15) is 4.79 Å². The Bertz CT molecular complexity index is 708. The van der Waals surface area contributed by atoms with Crippen molar-refractivity contribution in [1.82, 2.24) is 9.97 Å². The average molecular weight is 331 g/mol. The van der Waals surface area contributed by atoms with Crippen molar-refractivity contribution in [1.29, 1.82) is 0 Å². The molecule has 0 spiro atoms. The first-order chi connectivity index (χ1) is 11.6. The first-order valence-electron chi connectivity index (χ1n) is 7.37. The Morgan fingerprint density at radius 3 is 2.67 bits per heavy atom. The smallest absolute Gasteiger partial charge is 0.339 e. The van der Waals surface area contributed by atoms with E-state index in [0.717, 1.165) is 0 Å². The molecule has 0 fully saturated rings. The summed E-state index contributed by atoms with van der Waals surface area (Å²) in [6.45, 7) is 2.46. The fourth-order valence-corrected chi connectivity index (χ4v) is 2.14. The predicted molar refractivity (Wildman–Crippen MR) is 92.5 cm³/mol. The zero-order chi connectivity index (χ0) is 17.5. The van der Waals surface area contributed by atoms with Crippen LogP contribution >= 0.6 is 0 Å². The van der Waals surface area contributed by atoms with Crippen LogP contribution in [-0.4, -0.2) is 42.8 Å². The summed E-state index contributed by atoms with van der Waals surface area (Å²) in [4.78, 5) is 20.1. The quantitative estimate of drug-likeness (QED) is 0.661. The molecule has 4 N–H and O–H groups in total. The summed E-state index contributed by atoms with van der Waals surface area (Å²) in [5, 5.41) is 6.21. The molecule has 1 heterocycles. The van der Waals surface area contributed by atoms with Gasteiger partial charge in [0, 0.05) is 13.2 Å². The number of nitrogen functional groups attached to an aromatic ring is 1. The van der Waals surface area contributed by atoms with Gasteiger partial charge in [0.05, 0.1) is 25.0 Å². The van der Waals surface area contributed by atoms with Gasteiger partial charge in [0.1, 0.15) is 12.0 Å². The molecule has 1 aromatic heterocycles. The molecule has 24 heavy (non-hydrogen) atoms. The van der Waals surface area contributed by atoms with Crippen LogP contribution in [0.5, 0.6) is 0 Å². The standard InChI is InChI=1S/C16H21N5O3/c1-10(8-23-2)20-14-13(17)15(19-9-18-14)21-12-7-5-4-6-11(12)16(22)24-3/h4-7,9-10H,8,17H2,1-3H3,(H2,18,19,20,21). The molecule has 8 nitrogen and oxygen atoms in total. The maximum absolute atomic E-state index is 11.8. The predicted octanol–water partition coefficient (Wildman–Crippen LogP) is 2.04. The highest BCUT2D eigenvalue weighted by atomic mass is 16.5. The topological polar surface area (TPSA) is 111 Å². The van der Waals surface area contributed by atoms with Crippen LogP contribution in [0.15, 0.2) is 30.6 Å². The highest BCUT2D eigenvalue weighted by molar-refractivity contribution is 5.97. The third kappa shape index (κ3) is 4.11. The summed E-state index contributed by atoms with van der Waals surface area (Å²) < 4.78 is 9.86. The molecule has 2 aromatic rings. The number of esters is 1. The molecule has 0 aliphatic carbocycles. The molecule has 0 saturated carbocycles. The Kier molecular flexibility index (Phi) is 5.91. The molecule has 0 aliphatic rings. The van der Waals surface area contributed by atoms with Crippen molar-refractivity contribution in [2.24, 2.45) is 0 Å². The summed E-state index contributed by atoms with van der Waals surface area (Å²) in [6, 6.07) is 6.98. The van der Waals surface area contributed by atoms with E-state index in [0.29, 0.717) is 35.2 Å². The number of hydrogen-bond donors (Lipinski definition) is 3. The fourth-order valence-electron chi connectivity index (χ4n) is 2.14. The van der Waals surface area contributed by atoms with Crippen molar-refractivity contribution in [3.8, 4) is 0 Å². The molecular weight excluding hydrogens is 310 g/mol. The lowest BCUT2D eigenvalue weighted by Crippen LogP contribution is -2.22. The number of carbonyl (C=O) groups is 1. The normalized spacial score (nSPS) is 11.6. The van der Waals surface area contributed by atoms with Gasteiger partial charge in [0.2, 0.25) is 0 Å². The maximum Gasteiger partial charge on any atom is 0.339 e. The number of nitrogens with one attached hydrogen (secondary N) is 2. The average Bonchev–Trinajstić information content (AvgIpc) is 2.58. The van der Waals surface area contributed by atoms with Crippen LogP contribution in [0.2, 0.25) is 0 Å². The molecule has 1 atom stereocenters. The molecule has 0 bridgehead atoms. The van der Waals surface area contributed by atoms with Gasteiger partial charge in [-0.2, -0.15) is 0 Å². The lowest BCUT2D eigenvalue weighted by molar-refractivity contribution is 0.0602. The van der Waals surface area contributed by atoms with Gasteiger partial charge in [0.25, 0.3) is 0 Å². The molecule has 0 amide bonds. The number of rotatable bonds is 7. The monoisotopic (exact) mass is 331 g/mol. The van der Waals surface area contributed by atoms with E-state index in [1.807, 2.05) is 6.92 Å². The van der Waals surface area contributed by atoms with Crippen LogP contribution in [-0.2, 0) is 9.47 Å². The Morgan fingerprint density at radius 2 is 1.96 bits per heavy atom. The van der Waals surface area contributed by atoms with Gasteiger partial charge in [-0.1, -0.05) is 12.1 Å². The molecule has 128 valence electrons. The van der Waals surface area contributed by atoms with E-state index in [2.05, 4.69) is 20.6 Å². The van der Waals surface area contributed by atoms with Crippen LogP contribution in [0, 0.1) is 0 Å². The molecule has 1 unspecified atom stereocenters. The van der Waals surface area contributed by atoms with Gasteiger partial charge in [-0.3, -0.25) is 0 Å². The van der Waals surface area contributed by atoms with Gasteiger partial charge in [-0.05, 0) is 19.1 Å². The molecule has 8 heteroatoms. The Hall–Kier alpha value is -2.87. The molecule has 0 radical (unpaired) electrons. The van der Waals surface area contributed by atoms with Crippen LogP contribution in [0.3, 0.4) is 0 Å². The maximum atomic E-state index is 11.8. The largest absolute Gasteiger partial charge is 0.465 e. The van der Waals surface area contributed by atoms with Crippen LogP contribution < -0.4 is 16.4 Å². The second kappa shape index (κ2) is 8.11. The van der Waals surface area contributed by atoms with Crippen molar-refractivity contribution < 1.29 is 14.3 Å². The number of aromatic nitrogens is 2. The van der Waals surface area contributed by atoms with Gasteiger partial charge in [-0.25, -0.2) is 14.8 Å². The summed E-state index contributed by atoms with van der Waals surface area (Å²) in [7, 11) is 2.95. The minimum absolute atomic E-state index is 0.0300. The van der Waals surface area contributed by atoms with Crippen LogP contribution in [0.25, 0.3) is 0 Å². The van der Waals surface area contributed by atoms with E-state index in [4.69, 9.17) is 15.2 Å². The summed E-state index contributed by atoms with van der Waals surface area (Å²) in [5.41, 5.74) is 7.41. The number of hydrogen-bond acceptors (Lipinski definition) is 8. The summed E-state index contributed by atoms with van der Waals surface area (Å²) in [5.74, 6) is 0.443. The van der Waals surface area contributed by atoms with Gasteiger partial charge in [-0.15, -0.1) is 0 Å². The van der Waals surface area contributed by atoms with Gasteiger partial charge in [0.15, 0.2) is 11.6 Å². The molecular formula is C16H21N5O3. The van der Waals surface area contributed by atoms with Crippen LogP contribution in [0.1, 0.15) is 17.3 Å². The second-order valence-electron chi connectivity index (χ2n) is 5.15. The van der Waals surface area contributed by atoms with E-state index in [1.165, 1.54) is 13.4 Å². The van der Waals surface area contributed by atoms with Crippen molar-refractivity contribution in [3.05, 3.63) is 36.2 Å². The summed E-state index contributed by atoms with van der Waals surface area (Å²) >= 11 is 0. The second-order valence-corrected chi connectivity index (χ2v) is 5.15. The third-order valence-corrected chi connectivity index (χ3v) is 3.27. The van der Waals surface area contributed by atoms with Gasteiger partial charge >= 0.3 is 5.97 Å². The molecule has 2 rings (SSSR count). The Labute approximate surface area is 140 Å². The first-order valence-corrected chi connectivity index (χ1v) is 7.37. The number of nitrogens with zero attached hydrogens (tertiary/aromatic N) is 2. The third-order valence-electron chi connectivity index (χ3n) is 3.27. The Balaban J connectivity index is 2.27. The number of anilines is 4. The van der Waals surface area contributed by atoms with Gasteiger partial charge < -0.3 is 25.8 Å². The Morgan fingerprint density at radius 1 is 1.25 bits per heavy atom. The fraction of sp³-hybridized carbons (Fsp3) is 0.312. The van der Waals surface area contributed by atoms with Crippen molar-refractivity contribution in [2.45, 2.75) is 13.0 Å². The molecule has 0 aliphatic heterocycles. The van der Waals surface area contributed by atoms with E-state index < -0.39 is 5.97 Å². The minimum atomic E-state index is -0.446. The van der Waals surface area contributed by atoms with E-state index in [-0.39, 0.29) is 6.04 Å². The van der Waals surface area contributed by atoms with E-state index in [1.54, 1.807) is 31.4 Å². The van der Waals surface area contributed by atoms with Crippen molar-refractivity contribution in [2.75, 3.05) is 37.2 Å². The highest BCUT2D eigenvalue weighted by Crippen LogP contribution is 2.28.